The molecule has 0 atom stereocenters. The topological polar surface area (TPSA) is 588 Å². The Bertz CT molecular complexity index is 6970. The summed E-state index contributed by atoms with van der Waals surface area (Å²) in [5, 5.41) is 16.5. The van der Waals surface area contributed by atoms with E-state index in [2.05, 4.69) is 20.4 Å². The Hall–Kier alpha value is -3.52. The summed E-state index contributed by atoms with van der Waals surface area (Å²) in [5.74, 6) is 0. The van der Waals surface area contributed by atoms with Crippen molar-refractivity contribution >= 4 is 149 Å². The number of fused-ring (bicyclic) bond motifs is 6. The molecule has 0 spiro atoms. The number of hydrogen-bond acceptors (Lipinski definition) is 31. The fourth-order valence-electron chi connectivity index (χ4n) is 11.3. The van der Waals surface area contributed by atoms with Crippen molar-refractivity contribution in [2.75, 3.05) is 0 Å². The molecule has 0 amide bonds. The van der Waals surface area contributed by atoms with Crippen molar-refractivity contribution in [3.8, 4) is 45.5 Å². The van der Waals surface area contributed by atoms with Crippen LogP contribution in [0.2, 0.25) is 0 Å². The van der Waals surface area contributed by atoms with Crippen molar-refractivity contribution in [2.45, 2.75) is 39.2 Å². The van der Waals surface area contributed by atoms with Crippen LogP contribution in [0, 0.1) is 0 Å². The minimum absolute atomic E-state index is 0. The SMILES string of the molecule is O=S(=O)([O-])c1cc(S(=O)(=O)[O-])c2ccc3nn(-c4ccc(-n5on5-c5ccc(/C=C\c6ccc(-n7on7-c7ccc(/C=C\c8ccc(-n9on9-c9ccc(-n%10nc%11ccc%12c(S(=O)(=O)[O-])cc(S(=O)(=O)[O-])cc%12c%11n%10)cc9)cc8S(=O)(=O)[O-])c(S(=O)(=O)[O-])c7)cc6S(=O)(=O)[O-])c(S(=O)(=O)[O-])c5)cc4)nc3c2c1.[Na+].[Na+].[Na+].[Na+].[Na+].[Na+].[Na+].[Na+]. The van der Waals surface area contributed by atoms with E-state index in [0.29, 0.717) is 23.5 Å². The van der Waals surface area contributed by atoms with Gasteiger partial charge in [-0.1, -0.05) is 89.8 Å². The van der Waals surface area contributed by atoms with E-state index in [1.807, 2.05) is 0 Å². The second kappa shape index (κ2) is 36.1. The average Bonchev–Trinajstić information content (AvgIpc) is 1.74. The number of nitrogens with zero attached hydrogens (tertiary/aromatic N) is 12. The summed E-state index contributed by atoms with van der Waals surface area (Å²) in [5.41, 5.74) is -0.377. The quantitative estimate of drug-likeness (QED) is 0.0388. The number of aromatic nitrogens is 12. The smallest absolute Gasteiger partial charge is 0.744 e. The van der Waals surface area contributed by atoms with Gasteiger partial charge in [-0.25, -0.2) is 81.2 Å². The van der Waals surface area contributed by atoms with E-state index in [4.69, 9.17) is 13.9 Å². The van der Waals surface area contributed by atoms with E-state index >= 15 is 0 Å². The van der Waals surface area contributed by atoms with Crippen LogP contribution in [0.15, 0.2) is 223 Å². The van der Waals surface area contributed by atoms with Gasteiger partial charge in [0, 0.05) is 21.5 Å². The molecule has 0 bridgehead atoms. The maximum atomic E-state index is 12.8. The summed E-state index contributed by atoms with van der Waals surface area (Å²) in [4.78, 5) is 0.963. The minimum atomic E-state index is -5.40. The molecule has 0 radical (unpaired) electrons. The first kappa shape index (κ1) is 98.6. The van der Waals surface area contributed by atoms with Gasteiger partial charge in [0.25, 0.3) is 0 Å². The van der Waals surface area contributed by atoms with Crippen LogP contribution >= 0.6 is 0 Å². The average molecular weight is 1790 g/mol. The molecule has 0 unspecified atom stereocenters. The zero-order valence-electron chi connectivity index (χ0n) is 60.1. The second-order valence-corrected chi connectivity index (χ2v) is 33.8. The molecule has 10 aromatic carbocycles. The van der Waals surface area contributed by atoms with Crippen molar-refractivity contribution in [1.82, 2.24) is 59.1 Å². The molecule has 0 fully saturated rings. The molecule has 15 aromatic rings. The van der Waals surface area contributed by atoms with Crippen LogP contribution < -0.4 is 236 Å². The third-order valence-electron chi connectivity index (χ3n) is 16.3. The van der Waals surface area contributed by atoms with Gasteiger partial charge in [0.05, 0.1) is 50.5 Å². The predicted octanol–water partition coefficient (Wildman–Crippen LogP) is -19.4. The molecule has 115 heavy (non-hydrogen) atoms. The third-order valence-corrected chi connectivity index (χ3v) is 23.2. The van der Waals surface area contributed by atoms with E-state index in [9.17, 15) is 104 Å². The standard InChI is InChI=1S/C60H40N12O27S8.8Na/c73-100(74,75)45-29-49-47(57(31-45)106(91,92)93)21-23-51-59(49)63-65(61-51)37-13-17-39(18-14-37)67-69(97-67)41-9-5-33(53(25-41)102(79,80)81)1-3-35-7-11-43(27-55(35)104(85,86)87)71-72(99-71)44-12-8-36(56(28-44)105(88,89)90)4-2-34-6-10-42(26-54(34)103(82,83)84)70-68(98-70)40-19-15-38(16-20-40)66-62-52-24-22-48-50(60(52)64-66)30-46(101(76,77)78)32-58(48)107(94,95)96;;;;;;;;/h1-32H,(H,73,74,75)(H,76,77,78)(H,79,80,81)(H,82,83,84)(H,85,86,87)(H,88,89,90)(H,91,92,93)(H,94,95,96);;;;;;;;/q;8*+1/p-8/b3-1-,4-2-;;;;;;;;. The zero-order chi connectivity index (χ0) is 76.4. The molecule has 5 heterocycles. The zero-order valence-corrected chi connectivity index (χ0v) is 82.7. The van der Waals surface area contributed by atoms with Gasteiger partial charge >= 0.3 is 236 Å². The summed E-state index contributed by atoms with van der Waals surface area (Å²) in [6.07, 6.45) is 4.09. The third kappa shape index (κ3) is 20.7. The van der Waals surface area contributed by atoms with Crippen molar-refractivity contribution in [3.05, 3.63) is 192 Å². The molecule has 15 rings (SSSR count). The summed E-state index contributed by atoms with van der Waals surface area (Å²) in [7, 11) is -42.5. The molecular formula is C60H32N12Na8O27S8. The summed E-state index contributed by atoms with van der Waals surface area (Å²) < 4.78 is 313. The first-order valence-corrected chi connectivity index (χ1v) is 40.6. The first-order valence-electron chi connectivity index (χ1n) is 29.4. The van der Waals surface area contributed by atoms with Crippen molar-refractivity contribution < 1.29 is 354 Å². The van der Waals surface area contributed by atoms with Crippen LogP contribution in [0.4, 0.5) is 0 Å². The van der Waals surface area contributed by atoms with E-state index in [1.165, 1.54) is 109 Å². The van der Waals surface area contributed by atoms with Gasteiger partial charge in [-0.2, -0.15) is 9.59 Å². The monoisotopic (exact) mass is 1790 g/mol. The number of hydrogen-bond donors (Lipinski definition) is 0. The van der Waals surface area contributed by atoms with E-state index in [1.54, 1.807) is 0 Å². The van der Waals surface area contributed by atoms with Gasteiger partial charge in [0.15, 0.2) is 0 Å². The van der Waals surface area contributed by atoms with Crippen LogP contribution in [-0.2, 0) is 80.9 Å². The van der Waals surface area contributed by atoms with Crippen molar-refractivity contribution in [2.24, 2.45) is 0 Å². The van der Waals surface area contributed by atoms with Crippen molar-refractivity contribution in [3.63, 3.8) is 0 Å². The van der Waals surface area contributed by atoms with Gasteiger partial charge < -0.3 is 36.4 Å². The molecule has 0 saturated carbocycles. The van der Waals surface area contributed by atoms with Gasteiger partial charge in [-0.05, 0) is 156 Å². The maximum absolute atomic E-state index is 12.8. The van der Waals surface area contributed by atoms with Gasteiger partial charge in [-0.3, -0.25) is 0 Å². The predicted molar refractivity (Wildman–Crippen MR) is 354 cm³/mol. The Labute approximate surface area is 825 Å². The molecule has 0 N–H and O–H groups in total. The largest absolute Gasteiger partial charge is 1.00 e. The van der Waals surface area contributed by atoms with Crippen molar-refractivity contribution in [1.29, 1.82) is 0 Å². The van der Waals surface area contributed by atoms with Crippen LogP contribution in [0.3, 0.4) is 0 Å². The van der Waals surface area contributed by atoms with Crippen LogP contribution in [0.5, 0.6) is 0 Å². The Kier molecular flexibility index (Phi) is 31.0. The van der Waals surface area contributed by atoms with Crippen LogP contribution in [0.25, 0.3) is 113 Å². The Balaban J connectivity index is 0.00000229. The number of benzene rings is 10. The summed E-state index contributed by atoms with van der Waals surface area (Å²) >= 11 is 0. The molecular weight excluding hydrogens is 1760 g/mol. The normalized spacial score (nSPS) is 12.5. The van der Waals surface area contributed by atoms with E-state index in [-0.39, 0.29) is 336 Å². The molecule has 5 aromatic heterocycles. The summed E-state index contributed by atoms with van der Waals surface area (Å²) in [6, 6.07) is 32.7. The van der Waals surface area contributed by atoms with E-state index in [0.717, 1.165) is 112 Å². The molecule has 550 valence electrons. The molecule has 0 saturated heterocycles. The van der Waals surface area contributed by atoms with Gasteiger partial charge in [0.2, 0.25) is 0 Å². The molecule has 55 heteroatoms. The maximum Gasteiger partial charge on any atom is 1.00 e. The molecule has 39 nitrogen and oxygen atoms in total. The second-order valence-electron chi connectivity index (χ2n) is 23.0. The molecule has 0 aliphatic rings. The van der Waals surface area contributed by atoms with Crippen LogP contribution in [0.1, 0.15) is 22.3 Å². The number of rotatable bonds is 20. The Morgan fingerprint density at radius 1 is 0.235 bits per heavy atom. The van der Waals surface area contributed by atoms with E-state index < -0.39 is 120 Å². The molecule has 0 aliphatic carbocycles. The first-order chi connectivity index (χ1) is 50.0. The fourth-order valence-corrected chi connectivity index (χ4v) is 16.7. The van der Waals surface area contributed by atoms with Gasteiger partial charge in [0.1, 0.15) is 137 Å². The van der Waals surface area contributed by atoms with Crippen LogP contribution in [-0.4, -0.2) is 163 Å². The minimum Gasteiger partial charge on any atom is -0.744 e. The summed E-state index contributed by atoms with van der Waals surface area (Å²) in [6.45, 7) is 0. The fraction of sp³-hybridized carbons (Fsp3) is 0. The Morgan fingerprint density at radius 2 is 0.461 bits per heavy atom. The Morgan fingerprint density at radius 3 is 0.696 bits per heavy atom. The molecule has 0 aliphatic heterocycles. The van der Waals surface area contributed by atoms with Gasteiger partial charge in [-0.15, -0.1) is 20.4 Å².